The van der Waals surface area contributed by atoms with E-state index in [9.17, 15) is 9.13 Å². The van der Waals surface area contributed by atoms with Crippen molar-refractivity contribution in [3.05, 3.63) is 0 Å². The Morgan fingerprint density at radius 1 is 0.643 bits per heavy atom. The maximum atomic E-state index is 9.68. The summed E-state index contributed by atoms with van der Waals surface area (Å²) in [7, 11) is -9.95. The standard InChI is InChI=1S/4H3N.H4O8P2/c;;;;1-9(2,3)7-8-10(4,5)6/h4*1H3;(H2,1,2,3)(H2,4,5,6). The monoisotopic (exact) mass is 262 g/mol. The molecule has 0 spiro atoms. The fourth-order valence-corrected chi connectivity index (χ4v) is 0.782. The molecule has 0 aliphatic rings. The Balaban J connectivity index is -0.0000000675. The van der Waals surface area contributed by atoms with E-state index >= 15 is 0 Å². The number of rotatable bonds is 3. The molecule has 0 aromatic heterocycles. The molecular weight excluding hydrogens is 246 g/mol. The second kappa shape index (κ2) is 9.61. The van der Waals surface area contributed by atoms with Gasteiger partial charge in [0.1, 0.15) is 0 Å². The lowest BCUT2D eigenvalue weighted by Crippen LogP contribution is -1.89. The summed E-state index contributed by atoms with van der Waals surface area (Å²) in [5, 5.41) is 0. The van der Waals surface area contributed by atoms with Gasteiger partial charge in [-0.2, -0.15) is 0 Å². The first kappa shape index (κ1) is 29.2. The lowest BCUT2D eigenvalue weighted by Gasteiger charge is -2.03. The Kier molecular flexibility index (Phi) is 20.1. The van der Waals surface area contributed by atoms with Crippen molar-refractivity contribution < 1.29 is 38.1 Å². The largest absolute Gasteiger partial charge is 0.497 e. The van der Waals surface area contributed by atoms with Crippen LogP contribution >= 0.6 is 15.6 Å². The first-order valence-corrected chi connectivity index (χ1v) is 4.76. The molecule has 0 aromatic rings. The molecule has 0 aliphatic carbocycles. The van der Waals surface area contributed by atoms with Gasteiger partial charge in [0.15, 0.2) is 0 Å². The SMILES string of the molecule is N.N.N.N.O=P(O)(O)OOP(=O)(O)O. The minimum absolute atomic E-state index is 0. The van der Waals surface area contributed by atoms with Gasteiger partial charge in [-0.1, -0.05) is 0 Å². The van der Waals surface area contributed by atoms with Gasteiger partial charge < -0.3 is 44.2 Å². The molecule has 12 nitrogen and oxygen atoms in total. The van der Waals surface area contributed by atoms with Crippen molar-refractivity contribution in [1.29, 1.82) is 0 Å². The second-order valence-corrected chi connectivity index (χ2v) is 3.39. The second-order valence-electron chi connectivity index (χ2n) is 1.13. The van der Waals surface area contributed by atoms with E-state index < -0.39 is 15.6 Å². The van der Waals surface area contributed by atoms with Gasteiger partial charge in [-0.15, -0.1) is 9.35 Å². The molecule has 0 saturated carbocycles. The highest BCUT2D eigenvalue weighted by atomic mass is 31.2. The van der Waals surface area contributed by atoms with Crippen LogP contribution in [0.25, 0.3) is 0 Å². The fraction of sp³-hybridized carbons (Fsp3) is 0. The summed E-state index contributed by atoms with van der Waals surface area (Å²) in [6.07, 6.45) is 0. The Labute approximate surface area is 79.3 Å². The summed E-state index contributed by atoms with van der Waals surface area (Å²) < 4.78 is 25.4. The number of hydrogen-bond acceptors (Lipinski definition) is 8. The molecule has 0 heterocycles. The molecule has 0 aliphatic heterocycles. The van der Waals surface area contributed by atoms with Crippen LogP contribution in [0.1, 0.15) is 0 Å². The van der Waals surface area contributed by atoms with Crippen LogP contribution in [-0.4, -0.2) is 19.6 Å². The molecular formula is H16N4O8P2. The third-order valence-corrected chi connectivity index (χ3v) is 0.883. The van der Waals surface area contributed by atoms with Gasteiger partial charge in [-0.25, -0.2) is 9.13 Å². The van der Waals surface area contributed by atoms with E-state index in [0.717, 1.165) is 0 Å². The molecule has 0 bridgehead atoms. The summed E-state index contributed by atoms with van der Waals surface area (Å²) in [4.78, 5) is 31.2. The Bertz CT molecular complexity index is 170. The van der Waals surface area contributed by atoms with Crippen LogP contribution in [-0.2, 0) is 18.5 Å². The summed E-state index contributed by atoms with van der Waals surface area (Å²) in [5.41, 5.74) is 0. The normalized spacial score (nSPS) is 9.71. The van der Waals surface area contributed by atoms with Gasteiger partial charge in [0.25, 0.3) is 0 Å². The zero-order valence-corrected chi connectivity index (χ0v) is 8.93. The van der Waals surface area contributed by atoms with Crippen molar-refractivity contribution in [3.8, 4) is 0 Å². The highest BCUT2D eigenvalue weighted by molar-refractivity contribution is 7.48. The highest BCUT2D eigenvalue weighted by Crippen LogP contribution is 2.45. The van der Waals surface area contributed by atoms with E-state index in [1.807, 2.05) is 0 Å². The van der Waals surface area contributed by atoms with Crippen LogP contribution in [0.5, 0.6) is 0 Å². The van der Waals surface area contributed by atoms with Gasteiger partial charge in [0, 0.05) is 0 Å². The van der Waals surface area contributed by atoms with E-state index in [2.05, 4.69) is 9.35 Å². The maximum Gasteiger partial charge on any atom is 0.497 e. The van der Waals surface area contributed by atoms with E-state index in [4.69, 9.17) is 19.6 Å². The average molecular weight is 262 g/mol. The van der Waals surface area contributed by atoms with Crippen LogP contribution in [0.2, 0.25) is 0 Å². The topological polar surface area (TPSA) is 274 Å². The van der Waals surface area contributed by atoms with E-state index in [1.54, 1.807) is 0 Å². The molecule has 14 heavy (non-hydrogen) atoms. The molecule has 0 unspecified atom stereocenters. The van der Waals surface area contributed by atoms with Crippen molar-refractivity contribution >= 4 is 15.6 Å². The zero-order chi connectivity index (χ0) is 8.41. The lowest BCUT2D eigenvalue weighted by molar-refractivity contribution is -0.142. The summed E-state index contributed by atoms with van der Waals surface area (Å²) in [6.45, 7) is 0. The average Bonchev–Trinajstić information content (AvgIpc) is 1.57. The zero-order valence-electron chi connectivity index (χ0n) is 7.14. The minimum atomic E-state index is -4.98. The fourth-order valence-electron chi connectivity index (χ4n) is 0.0868. The first-order valence-electron chi connectivity index (χ1n) is 1.70. The third-order valence-electron chi connectivity index (χ3n) is 0.228. The first-order chi connectivity index (χ1) is 4.21. The van der Waals surface area contributed by atoms with Gasteiger partial charge in [0.2, 0.25) is 0 Å². The number of phosphoric acid groups is 2. The molecule has 0 rings (SSSR count). The Hall–Kier alpha value is 0.0600. The molecule has 16 N–H and O–H groups in total. The molecule has 0 atom stereocenters. The molecule has 94 valence electrons. The van der Waals surface area contributed by atoms with Crippen LogP contribution in [0.15, 0.2) is 0 Å². The van der Waals surface area contributed by atoms with Gasteiger partial charge >= 0.3 is 15.6 Å². The summed E-state index contributed by atoms with van der Waals surface area (Å²) in [6, 6.07) is 0. The molecule has 0 saturated heterocycles. The van der Waals surface area contributed by atoms with E-state index in [-0.39, 0.29) is 24.6 Å². The third kappa shape index (κ3) is 29.6. The molecule has 0 amide bonds. The highest BCUT2D eigenvalue weighted by Gasteiger charge is 2.24. The minimum Gasteiger partial charge on any atom is -0.344 e. The predicted molar refractivity (Wildman–Crippen MR) is 46.3 cm³/mol. The van der Waals surface area contributed by atoms with Crippen LogP contribution in [0.3, 0.4) is 0 Å². The summed E-state index contributed by atoms with van der Waals surface area (Å²) in [5.74, 6) is 0. The van der Waals surface area contributed by atoms with Crippen LogP contribution < -0.4 is 24.6 Å². The Morgan fingerprint density at radius 2 is 0.786 bits per heavy atom. The Morgan fingerprint density at radius 3 is 0.857 bits per heavy atom. The van der Waals surface area contributed by atoms with Crippen molar-refractivity contribution in [3.63, 3.8) is 0 Å². The lowest BCUT2D eigenvalue weighted by atomic mass is 14.0. The molecule has 0 fully saturated rings. The molecule has 0 radical (unpaired) electrons. The van der Waals surface area contributed by atoms with Crippen molar-refractivity contribution in [1.82, 2.24) is 24.6 Å². The van der Waals surface area contributed by atoms with Gasteiger partial charge in [-0.05, 0) is 0 Å². The predicted octanol–water partition coefficient (Wildman–Crippen LogP) is -0.232. The molecule has 0 aromatic carbocycles. The quantitative estimate of drug-likeness (QED) is 0.186. The maximum absolute atomic E-state index is 9.68. The smallest absolute Gasteiger partial charge is 0.344 e. The van der Waals surface area contributed by atoms with E-state index in [1.165, 1.54) is 0 Å². The van der Waals surface area contributed by atoms with E-state index in [0.29, 0.717) is 0 Å². The van der Waals surface area contributed by atoms with Crippen molar-refractivity contribution in [2.45, 2.75) is 0 Å². The van der Waals surface area contributed by atoms with Crippen molar-refractivity contribution in [2.75, 3.05) is 0 Å². The summed E-state index contributed by atoms with van der Waals surface area (Å²) >= 11 is 0. The van der Waals surface area contributed by atoms with Gasteiger partial charge in [0.05, 0.1) is 0 Å². The molecule has 14 heteroatoms. The van der Waals surface area contributed by atoms with Crippen LogP contribution in [0, 0.1) is 0 Å². The van der Waals surface area contributed by atoms with Crippen molar-refractivity contribution in [2.24, 2.45) is 0 Å². The van der Waals surface area contributed by atoms with Gasteiger partial charge in [-0.3, -0.25) is 0 Å². The van der Waals surface area contributed by atoms with Crippen LogP contribution in [0.4, 0.5) is 0 Å². The number of hydrogen-bond donors (Lipinski definition) is 8.